The minimum Gasteiger partial charge on any atom is -0.508 e. The maximum atomic E-state index is 14.1. The number of benzene rings is 3. The summed E-state index contributed by atoms with van der Waals surface area (Å²) in [6.45, 7) is -0.873. The second kappa shape index (κ2) is 19.4. The highest BCUT2D eigenvalue weighted by atomic mass is 16.6. The van der Waals surface area contributed by atoms with Crippen LogP contribution in [0.1, 0.15) is 48.7 Å². The predicted octanol–water partition coefficient (Wildman–Crippen LogP) is -0.248. The highest BCUT2D eigenvalue weighted by Crippen LogP contribution is 2.51. The molecule has 6 rings (SSSR count). The minimum absolute atomic E-state index is 0.0521. The van der Waals surface area contributed by atoms with Gasteiger partial charge < -0.3 is 89.4 Å². The van der Waals surface area contributed by atoms with Gasteiger partial charge >= 0.3 is 17.9 Å². The zero-order valence-corrected chi connectivity index (χ0v) is 34.3. The van der Waals surface area contributed by atoms with Crippen molar-refractivity contribution in [3.63, 3.8) is 0 Å². The zero-order valence-electron chi connectivity index (χ0n) is 34.3. The van der Waals surface area contributed by atoms with Gasteiger partial charge in [0.25, 0.3) is 0 Å². The Hall–Kier alpha value is -6.34. The molecule has 0 radical (unpaired) electrons. The fourth-order valence-corrected chi connectivity index (χ4v) is 7.55. The molecule has 2 aliphatic rings. The number of aliphatic hydroxyl groups excluding tert-OH is 6. The number of carbonyl (C=O) groups excluding carboxylic acids is 2. The van der Waals surface area contributed by atoms with Gasteiger partial charge in [-0.05, 0) is 55.0 Å². The van der Waals surface area contributed by atoms with E-state index in [2.05, 4.69) is 0 Å². The second-order valence-electron chi connectivity index (χ2n) is 15.7. The number of aliphatic carboxylic acids is 1. The predicted molar refractivity (Wildman–Crippen MR) is 217 cm³/mol. The number of hydrogen-bond acceptors (Lipinski definition) is 21. The van der Waals surface area contributed by atoms with E-state index in [9.17, 15) is 75.3 Å². The maximum Gasteiger partial charge on any atom is 0.331 e. The van der Waals surface area contributed by atoms with Crippen LogP contribution in [0.2, 0.25) is 0 Å². The van der Waals surface area contributed by atoms with Crippen LogP contribution in [0.3, 0.4) is 0 Å². The molecule has 2 aliphatic heterocycles. The fourth-order valence-electron chi connectivity index (χ4n) is 7.55. The van der Waals surface area contributed by atoms with Crippen LogP contribution in [0.25, 0.3) is 28.4 Å². The van der Waals surface area contributed by atoms with E-state index in [1.54, 1.807) is 0 Å². The number of esters is 2. The molecule has 350 valence electrons. The van der Waals surface area contributed by atoms with E-state index in [1.165, 1.54) is 55.7 Å². The number of carbonyl (C=O) groups is 3. The van der Waals surface area contributed by atoms with E-state index in [0.717, 1.165) is 19.1 Å². The lowest BCUT2D eigenvalue weighted by Gasteiger charge is -2.43. The van der Waals surface area contributed by atoms with Crippen molar-refractivity contribution < 1.29 is 104 Å². The third kappa shape index (κ3) is 10.2. The number of aromatic hydroxyl groups is 4. The Morgan fingerprint density at radius 3 is 2.11 bits per heavy atom. The van der Waals surface area contributed by atoms with Gasteiger partial charge in [-0.3, -0.25) is 14.4 Å². The van der Waals surface area contributed by atoms with Gasteiger partial charge in [-0.25, -0.2) is 4.79 Å². The summed E-state index contributed by atoms with van der Waals surface area (Å²) in [6, 6.07) is 10.1. The fraction of sp³-hybridized carbons (Fsp3) is 0.395. The molecule has 0 spiro atoms. The van der Waals surface area contributed by atoms with Crippen molar-refractivity contribution in [2.24, 2.45) is 0 Å². The summed E-state index contributed by atoms with van der Waals surface area (Å²) >= 11 is 0. The molecule has 22 nitrogen and oxygen atoms in total. The number of rotatable bonds is 14. The molecule has 4 aromatic rings. The van der Waals surface area contributed by atoms with E-state index in [1.807, 2.05) is 0 Å². The first kappa shape index (κ1) is 48.1. The zero-order chi connectivity index (χ0) is 47.7. The first-order valence-electron chi connectivity index (χ1n) is 19.7. The molecule has 65 heavy (non-hydrogen) atoms. The Morgan fingerprint density at radius 2 is 1.46 bits per heavy atom. The van der Waals surface area contributed by atoms with Crippen molar-refractivity contribution in [3.8, 4) is 40.1 Å². The molecule has 1 aromatic heterocycles. The number of methoxy groups -OCH3 is 1. The summed E-state index contributed by atoms with van der Waals surface area (Å²) in [6.07, 6.45) is -20.0. The Labute approximate surface area is 366 Å². The summed E-state index contributed by atoms with van der Waals surface area (Å²) in [5, 5.41) is 129. The topological polar surface area (TPSA) is 370 Å². The number of phenolic OH excluding ortho intramolecular Hbond substituents is 4. The van der Waals surface area contributed by atoms with Gasteiger partial charge in [0.1, 0.15) is 89.9 Å². The number of carboxylic acid groups (broad SMARTS) is 1. The molecule has 22 heteroatoms. The van der Waals surface area contributed by atoms with E-state index in [-0.39, 0.29) is 28.6 Å². The number of fused-ring (bicyclic) bond motifs is 1. The molecule has 3 heterocycles. The molecule has 2 fully saturated rings. The van der Waals surface area contributed by atoms with Gasteiger partial charge in [0.2, 0.25) is 0 Å². The van der Waals surface area contributed by atoms with Crippen LogP contribution in [0.15, 0.2) is 63.8 Å². The van der Waals surface area contributed by atoms with E-state index in [4.69, 9.17) is 33.2 Å². The number of ether oxygens (including phenoxy) is 5. The summed E-state index contributed by atoms with van der Waals surface area (Å²) in [5.74, 6) is -6.71. The molecule has 12 N–H and O–H groups in total. The maximum absolute atomic E-state index is 14.1. The van der Waals surface area contributed by atoms with E-state index in [0.29, 0.717) is 5.56 Å². The average molecular weight is 915 g/mol. The summed E-state index contributed by atoms with van der Waals surface area (Å²) in [5.41, 5.74) is -4.98. The minimum atomic E-state index is -2.25. The number of aliphatic hydroxyl groups is 7. The largest absolute Gasteiger partial charge is 0.508 e. The molecule has 3 aromatic carbocycles. The third-order valence-corrected chi connectivity index (χ3v) is 10.8. The van der Waals surface area contributed by atoms with Crippen LogP contribution < -0.4 is 10.2 Å². The van der Waals surface area contributed by atoms with Crippen molar-refractivity contribution in [2.75, 3.05) is 20.3 Å². The van der Waals surface area contributed by atoms with E-state index >= 15 is 0 Å². The Bertz CT molecular complexity index is 2500. The molecule has 0 aliphatic carbocycles. The quantitative estimate of drug-likeness (QED) is 0.0573. The van der Waals surface area contributed by atoms with Crippen LogP contribution in [0.5, 0.6) is 28.7 Å². The van der Waals surface area contributed by atoms with Crippen molar-refractivity contribution in [2.45, 2.75) is 86.4 Å². The van der Waals surface area contributed by atoms with Gasteiger partial charge in [0.05, 0.1) is 43.3 Å². The molecular formula is C43H46O22. The molecule has 1 unspecified atom stereocenters. The summed E-state index contributed by atoms with van der Waals surface area (Å²) in [7, 11) is 1.29. The molecular weight excluding hydrogens is 868 g/mol. The number of hydrogen-bond donors (Lipinski definition) is 12. The van der Waals surface area contributed by atoms with Crippen molar-refractivity contribution >= 4 is 35.0 Å². The number of carboxylic acids is 1. The lowest BCUT2D eigenvalue weighted by Crippen LogP contribution is -2.56. The first-order valence-corrected chi connectivity index (χ1v) is 19.7. The van der Waals surface area contributed by atoms with Crippen LogP contribution in [0, 0.1) is 0 Å². The van der Waals surface area contributed by atoms with E-state index < -0.39 is 150 Å². The average Bonchev–Trinajstić information content (AvgIpc) is 3.24. The normalized spacial score (nSPS) is 26.7. The van der Waals surface area contributed by atoms with Gasteiger partial charge in [0.15, 0.2) is 28.6 Å². The summed E-state index contributed by atoms with van der Waals surface area (Å²) in [4.78, 5) is 51.3. The van der Waals surface area contributed by atoms with Gasteiger partial charge in [0, 0.05) is 17.7 Å². The second-order valence-corrected chi connectivity index (χ2v) is 15.7. The first-order chi connectivity index (χ1) is 30.7. The third-order valence-electron chi connectivity index (χ3n) is 10.8. The standard InChI is InChI=1S/C43H46O22/c1-43(59,13-26(48)49)14-28(51)61-16-25-33(53)36(56)38(58)40(64-25)31-35(55)30(34(54)29-21(47)12-22(62-39(29)31)18-5-7-19(45)8-6-18)41-42(37(57)32(52)24(15-44)63-41)65-27(50)10-4-17-3-9-20(46)23(11-17)60-2/h3-12,24-25,32-33,36-38,40-42,44-46,52-59H,13-16H2,1-2H3,(H,48,49)/b10-4+/t24-,25-,32-,33-,36+,37+,38-,40+,41+,42-,43?/m1/s1. The molecule has 0 bridgehead atoms. The summed E-state index contributed by atoms with van der Waals surface area (Å²) < 4.78 is 33.6. The van der Waals surface area contributed by atoms with Crippen molar-refractivity contribution in [1.29, 1.82) is 0 Å². The smallest absolute Gasteiger partial charge is 0.331 e. The lowest BCUT2D eigenvalue weighted by atomic mass is 9.85. The van der Waals surface area contributed by atoms with Gasteiger partial charge in [-0.1, -0.05) is 6.07 Å². The van der Waals surface area contributed by atoms with Crippen molar-refractivity contribution in [3.05, 3.63) is 81.5 Å². The Morgan fingerprint density at radius 1 is 0.800 bits per heavy atom. The van der Waals surface area contributed by atoms with Crippen LogP contribution in [0.4, 0.5) is 0 Å². The van der Waals surface area contributed by atoms with Crippen LogP contribution in [-0.2, 0) is 33.3 Å². The highest BCUT2D eigenvalue weighted by molar-refractivity contribution is 5.92. The van der Waals surface area contributed by atoms with Gasteiger partial charge in [-0.2, -0.15) is 0 Å². The molecule has 0 amide bonds. The van der Waals surface area contributed by atoms with Crippen LogP contribution >= 0.6 is 0 Å². The van der Waals surface area contributed by atoms with Gasteiger partial charge in [-0.15, -0.1) is 0 Å². The number of phenols is 4. The molecule has 2 saturated heterocycles. The molecule has 11 atom stereocenters. The van der Waals surface area contributed by atoms with Crippen molar-refractivity contribution in [1.82, 2.24) is 0 Å². The Kier molecular flexibility index (Phi) is 14.4. The SMILES string of the molecule is COc1cc(/C=C/C(=O)O[C@@H]2[C@@H](O)[C@H](O)[C@@H](CO)O[C@H]2c2c(O)c([C@@H]3O[C@H](COC(=O)CC(C)(O)CC(=O)O)[C@@H](O)[C@H](O)[C@H]3O)c3oc(-c4ccc(O)cc4)cc(=O)c3c2O)ccc1O. The monoisotopic (exact) mass is 914 g/mol. The Balaban J connectivity index is 1.49. The molecule has 0 saturated carbocycles. The highest BCUT2D eigenvalue weighted by Gasteiger charge is 2.52. The van der Waals surface area contributed by atoms with Crippen LogP contribution in [-0.4, -0.2) is 154 Å². The lowest BCUT2D eigenvalue weighted by molar-refractivity contribution is -0.240.